The van der Waals surface area contributed by atoms with Crippen LogP contribution in [0.4, 0.5) is 5.82 Å². The maximum Gasteiger partial charge on any atom is 0.332 e. The van der Waals surface area contributed by atoms with Crippen LogP contribution >= 0.6 is 0 Å². The molecule has 0 unspecified atom stereocenters. The minimum Gasteiger partial charge on any atom is -0.373 e. The van der Waals surface area contributed by atoms with E-state index in [2.05, 4.69) is 20.3 Å². The van der Waals surface area contributed by atoms with Gasteiger partial charge in [0.15, 0.2) is 5.65 Å². The molecular weight excluding hydrogens is 320 g/mol. The molecule has 0 saturated heterocycles. The van der Waals surface area contributed by atoms with Gasteiger partial charge in [0.2, 0.25) is 0 Å². The second-order valence-corrected chi connectivity index (χ2v) is 6.31. The number of hydrogen-bond acceptors (Lipinski definition) is 5. The van der Waals surface area contributed by atoms with Gasteiger partial charge in [-0.2, -0.15) is 0 Å². The summed E-state index contributed by atoms with van der Waals surface area (Å²) in [5.41, 5.74) is 1.03. The highest BCUT2D eigenvalue weighted by Crippen LogP contribution is 2.35. The lowest BCUT2D eigenvalue weighted by Gasteiger charge is -2.09. The molecule has 8 heteroatoms. The van der Waals surface area contributed by atoms with Crippen LogP contribution in [-0.2, 0) is 6.54 Å². The Labute approximate surface area is 143 Å². The van der Waals surface area contributed by atoms with Gasteiger partial charge in [0.25, 0.3) is 5.56 Å². The Morgan fingerprint density at radius 1 is 1.32 bits per heavy atom. The Hall–Kier alpha value is -2.90. The highest BCUT2D eigenvalue weighted by molar-refractivity contribution is 5.75. The second kappa shape index (κ2) is 5.87. The van der Waals surface area contributed by atoms with Crippen LogP contribution in [0.3, 0.4) is 0 Å². The molecular formula is C17H20N6O2. The summed E-state index contributed by atoms with van der Waals surface area (Å²) in [6.45, 7) is 2.36. The van der Waals surface area contributed by atoms with Crippen LogP contribution in [0.1, 0.15) is 32.2 Å². The first kappa shape index (κ1) is 15.6. The van der Waals surface area contributed by atoms with E-state index < -0.39 is 0 Å². The Kier molecular flexibility index (Phi) is 3.67. The fourth-order valence-corrected chi connectivity index (χ4v) is 3.03. The standard InChI is InChI=1S/C17H20N6O2/c1-3-8-22-16(24)13-15(23(17(22)25)11-5-6-11)21-14(20-13)10-4-7-12(18-2)19-9-10/h4,7,9,11H,3,5-6,8H2,1-2H3,(H,18,19)(H,20,21). The summed E-state index contributed by atoms with van der Waals surface area (Å²) in [5, 5.41) is 2.96. The molecule has 3 aromatic heterocycles. The summed E-state index contributed by atoms with van der Waals surface area (Å²) in [6, 6.07) is 3.85. The van der Waals surface area contributed by atoms with Crippen molar-refractivity contribution < 1.29 is 0 Å². The molecule has 0 aliphatic heterocycles. The fourth-order valence-electron chi connectivity index (χ4n) is 3.03. The van der Waals surface area contributed by atoms with Crippen LogP contribution in [0.2, 0.25) is 0 Å². The van der Waals surface area contributed by atoms with Crippen LogP contribution in [0.5, 0.6) is 0 Å². The number of hydrogen-bond donors (Lipinski definition) is 2. The highest BCUT2D eigenvalue weighted by Gasteiger charge is 2.30. The first-order chi connectivity index (χ1) is 12.1. The third-order valence-corrected chi connectivity index (χ3v) is 4.46. The maximum atomic E-state index is 12.8. The number of imidazole rings is 1. The van der Waals surface area contributed by atoms with Gasteiger partial charge in [0.05, 0.1) is 0 Å². The molecule has 1 aliphatic carbocycles. The molecule has 3 heterocycles. The molecule has 1 saturated carbocycles. The highest BCUT2D eigenvalue weighted by atomic mass is 16.2. The van der Waals surface area contributed by atoms with Crippen LogP contribution in [0.25, 0.3) is 22.6 Å². The van der Waals surface area contributed by atoms with Gasteiger partial charge in [-0.15, -0.1) is 0 Å². The Morgan fingerprint density at radius 3 is 2.72 bits per heavy atom. The van der Waals surface area contributed by atoms with Gasteiger partial charge in [0, 0.05) is 31.4 Å². The van der Waals surface area contributed by atoms with E-state index in [0.717, 1.165) is 30.6 Å². The Morgan fingerprint density at radius 2 is 2.12 bits per heavy atom. The second-order valence-electron chi connectivity index (χ2n) is 6.31. The van der Waals surface area contributed by atoms with Crippen molar-refractivity contribution >= 4 is 17.0 Å². The molecule has 8 nitrogen and oxygen atoms in total. The number of nitrogens with one attached hydrogen (secondary N) is 2. The number of aromatic amines is 1. The molecule has 2 N–H and O–H groups in total. The summed E-state index contributed by atoms with van der Waals surface area (Å²) in [7, 11) is 1.80. The zero-order valence-corrected chi connectivity index (χ0v) is 14.2. The number of H-pyrrole nitrogens is 1. The Bertz CT molecular complexity index is 1040. The van der Waals surface area contributed by atoms with Crippen LogP contribution in [0.15, 0.2) is 27.9 Å². The summed E-state index contributed by atoms with van der Waals surface area (Å²) < 4.78 is 2.98. The quantitative estimate of drug-likeness (QED) is 0.737. The van der Waals surface area contributed by atoms with Gasteiger partial charge in [-0.3, -0.25) is 13.9 Å². The molecule has 0 bridgehead atoms. The van der Waals surface area contributed by atoms with Crippen LogP contribution in [-0.4, -0.2) is 31.1 Å². The zero-order chi connectivity index (χ0) is 17.6. The van der Waals surface area contributed by atoms with Crippen molar-refractivity contribution in [2.45, 2.75) is 38.8 Å². The number of rotatable bonds is 5. The van der Waals surface area contributed by atoms with Crippen molar-refractivity contribution in [3.8, 4) is 11.4 Å². The van der Waals surface area contributed by atoms with E-state index in [0.29, 0.717) is 23.5 Å². The average molecular weight is 340 g/mol. The number of nitrogens with zero attached hydrogens (tertiary/aromatic N) is 4. The third kappa shape index (κ3) is 2.54. The summed E-state index contributed by atoms with van der Waals surface area (Å²) >= 11 is 0. The van der Waals surface area contributed by atoms with Gasteiger partial charge >= 0.3 is 5.69 Å². The number of aromatic nitrogens is 5. The largest absolute Gasteiger partial charge is 0.373 e. The maximum absolute atomic E-state index is 12.8. The normalized spacial score (nSPS) is 14.2. The van der Waals surface area contributed by atoms with Crippen LogP contribution in [0, 0.1) is 0 Å². The first-order valence-electron chi connectivity index (χ1n) is 8.53. The molecule has 0 spiro atoms. The van der Waals surface area contributed by atoms with Crippen molar-refractivity contribution in [1.29, 1.82) is 0 Å². The van der Waals surface area contributed by atoms with Gasteiger partial charge in [0.1, 0.15) is 17.2 Å². The minimum atomic E-state index is -0.308. The molecule has 1 aliphatic rings. The zero-order valence-electron chi connectivity index (χ0n) is 14.2. The van der Waals surface area contributed by atoms with Gasteiger partial charge < -0.3 is 10.3 Å². The average Bonchev–Trinajstić information content (AvgIpc) is 3.36. The molecule has 4 rings (SSSR count). The SMILES string of the molecule is CCCn1c(=O)c2[nH]c(-c3ccc(NC)nc3)nc2n(C2CC2)c1=O. The molecule has 0 radical (unpaired) electrons. The van der Waals surface area contributed by atoms with E-state index >= 15 is 0 Å². The molecule has 0 amide bonds. The first-order valence-corrected chi connectivity index (χ1v) is 8.53. The van der Waals surface area contributed by atoms with Gasteiger partial charge in [-0.25, -0.2) is 14.8 Å². The fraction of sp³-hybridized carbons (Fsp3) is 0.412. The van der Waals surface area contributed by atoms with Crippen molar-refractivity contribution in [2.75, 3.05) is 12.4 Å². The van der Waals surface area contributed by atoms with E-state index in [1.54, 1.807) is 17.8 Å². The molecule has 0 atom stereocenters. The van der Waals surface area contributed by atoms with E-state index in [4.69, 9.17) is 0 Å². The summed E-state index contributed by atoms with van der Waals surface area (Å²) in [5.74, 6) is 1.30. The van der Waals surface area contributed by atoms with Crippen molar-refractivity contribution in [1.82, 2.24) is 24.1 Å². The number of pyridine rings is 1. The van der Waals surface area contributed by atoms with E-state index in [1.807, 2.05) is 19.1 Å². The summed E-state index contributed by atoms with van der Waals surface area (Å²) in [4.78, 5) is 37.4. The lowest BCUT2D eigenvalue weighted by atomic mass is 10.3. The predicted octanol–water partition coefficient (Wildman–Crippen LogP) is 1.73. The van der Waals surface area contributed by atoms with E-state index in [1.165, 1.54) is 4.57 Å². The van der Waals surface area contributed by atoms with Crippen molar-refractivity contribution in [2.24, 2.45) is 0 Å². The number of anilines is 1. The van der Waals surface area contributed by atoms with E-state index in [-0.39, 0.29) is 17.3 Å². The van der Waals surface area contributed by atoms with Gasteiger partial charge in [-0.05, 0) is 31.4 Å². The monoisotopic (exact) mass is 340 g/mol. The van der Waals surface area contributed by atoms with Gasteiger partial charge in [-0.1, -0.05) is 6.92 Å². The molecule has 130 valence electrons. The Balaban J connectivity index is 1.94. The molecule has 25 heavy (non-hydrogen) atoms. The van der Waals surface area contributed by atoms with Crippen LogP contribution < -0.4 is 16.6 Å². The smallest absolute Gasteiger partial charge is 0.332 e. The molecule has 1 fully saturated rings. The predicted molar refractivity (Wildman–Crippen MR) is 96.0 cm³/mol. The van der Waals surface area contributed by atoms with Crippen molar-refractivity contribution in [3.63, 3.8) is 0 Å². The lowest BCUT2D eigenvalue weighted by molar-refractivity contribution is 0.567. The lowest BCUT2D eigenvalue weighted by Crippen LogP contribution is -2.39. The van der Waals surface area contributed by atoms with E-state index in [9.17, 15) is 9.59 Å². The van der Waals surface area contributed by atoms with Crippen molar-refractivity contribution in [3.05, 3.63) is 39.2 Å². The molecule has 3 aromatic rings. The minimum absolute atomic E-state index is 0.139. The topological polar surface area (TPSA) is 97.6 Å². The molecule has 0 aromatic carbocycles. The summed E-state index contributed by atoms with van der Waals surface area (Å²) in [6.07, 6.45) is 4.30. The number of fused-ring (bicyclic) bond motifs is 1. The third-order valence-electron chi connectivity index (χ3n) is 4.46.